The summed E-state index contributed by atoms with van der Waals surface area (Å²) in [6.07, 6.45) is 2.82. The van der Waals surface area contributed by atoms with Gasteiger partial charge in [0.15, 0.2) is 0 Å². The van der Waals surface area contributed by atoms with Gasteiger partial charge < -0.3 is 4.90 Å². The minimum atomic E-state index is -0.200. The summed E-state index contributed by atoms with van der Waals surface area (Å²) in [6.45, 7) is 8.83. The normalized spacial score (nSPS) is 18.7. The summed E-state index contributed by atoms with van der Waals surface area (Å²) in [7, 11) is 2.15. The first-order valence-electron chi connectivity index (χ1n) is 9.06. The molecular weight excluding hydrogens is 322 g/mol. The van der Waals surface area contributed by atoms with Gasteiger partial charge in [-0.15, -0.1) is 0 Å². The summed E-state index contributed by atoms with van der Waals surface area (Å²) in [4.78, 5) is 14.5. The van der Waals surface area contributed by atoms with E-state index < -0.39 is 0 Å². The van der Waals surface area contributed by atoms with Crippen LogP contribution in [0.2, 0.25) is 0 Å². The molecule has 2 aromatic carbocycles. The lowest BCUT2D eigenvalue weighted by Gasteiger charge is -2.45. The molecule has 136 valence electrons. The van der Waals surface area contributed by atoms with Crippen molar-refractivity contribution in [3.8, 4) is 0 Å². The first-order chi connectivity index (χ1) is 12.3. The van der Waals surface area contributed by atoms with Gasteiger partial charge in [0, 0.05) is 23.8 Å². The van der Waals surface area contributed by atoms with E-state index in [4.69, 9.17) is 0 Å². The Morgan fingerprint density at radius 3 is 2.62 bits per heavy atom. The Hall–Kier alpha value is -2.62. The minimum absolute atomic E-state index is 0.157. The maximum Gasteiger partial charge on any atom is 0.271 e. The lowest BCUT2D eigenvalue weighted by molar-refractivity contribution is 0.0955. The van der Waals surface area contributed by atoms with Crippen LogP contribution in [-0.2, 0) is 0 Å². The maximum atomic E-state index is 12.1. The smallest absolute Gasteiger partial charge is 0.271 e. The molecule has 1 unspecified atom stereocenters. The van der Waals surface area contributed by atoms with Crippen molar-refractivity contribution in [1.29, 1.82) is 0 Å². The summed E-state index contributed by atoms with van der Waals surface area (Å²) < 4.78 is 0. The molecule has 0 saturated heterocycles. The summed E-state index contributed by atoms with van der Waals surface area (Å²) in [5, 5.41) is 4.12. The number of hydrogen-bond donors (Lipinski definition) is 1. The predicted molar refractivity (Wildman–Crippen MR) is 108 cm³/mol. The molecular formula is C22H27N3O. The van der Waals surface area contributed by atoms with Crippen molar-refractivity contribution < 1.29 is 4.79 Å². The third-order valence-electron chi connectivity index (χ3n) is 5.35. The van der Waals surface area contributed by atoms with Crippen LogP contribution in [0.25, 0.3) is 0 Å². The number of amides is 1. The number of nitrogens with zero attached hydrogens (tertiary/aromatic N) is 2. The molecule has 1 heterocycles. The van der Waals surface area contributed by atoms with Crippen molar-refractivity contribution in [1.82, 2.24) is 5.43 Å². The zero-order valence-corrected chi connectivity index (χ0v) is 16.2. The van der Waals surface area contributed by atoms with Gasteiger partial charge in [0.05, 0.1) is 6.21 Å². The van der Waals surface area contributed by atoms with Crippen molar-refractivity contribution in [3.05, 3.63) is 64.7 Å². The summed E-state index contributed by atoms with van der Waals surface area (Å²) in [5.41, 5.74) is 8.09. The molecule has 4 heteroatoms. The van der Waals surface area contributed by atoms with Crippen LogP contribution >= 0.6 is 0 Å². The van der Waals surface area contributed by atoms with E-state index in [0.29, 0.717) is 11.5 Å². The molecule has 1 amide bonds. The zero-order chi connectivity index (χ0) is 18.9. The van der Waals surface area contributed by atoms with Crippen molar-refractivity contribution >= 4 is 17.8 Å². The number of rotatable bonds is 3. The van der Waals surface area contributed by atoms with Crippen LogP contribution < -0.4 is 10.3 Å². The third kappa shape index (κ3) is 3.64. The molecule has 4 nitrogen and oxygen atoms in total. The Bertz CT molecular complexity index is 837. The molecule has 3 rings (SSSR count). The Labute approximate surface area is 155 Å². The summed E-state index contributed by atoms with van der Waals surface area (Å²) in [6, 6.07) is 13.8. The van der Waals surface area contributed by atoms with E-state index in [9.17, 15) is 4.79 Å². The first kappa shape index (κ1) is 18.2. The van der Waals surface area contributed by atoms with E-state index in [2.05, 4.69) is 55.4 Å². The number of benzene rings is 2. The first-order valence-corrected chi connectivity index (χ1v) is 9.06. The molecule has 0 bridgehead atoms. The monoisotopic (exact) mass is 349 g/mol. The van der Waals surface area contributed by atoms with Crippen LogP contribution in [0.15, 0.2) is 47.6 Å². The molecule has 26 heavy (non-hydrogen) atoms. The highest BCUT2D eigenvalue weighted by Gasteiger charge is 2.33. The van der Waals surface area contributed by atoms with Crippen molar-refractivity contribution in [2.45, 2.75) is 45.6 Å². The average molecular weight is 349 g/mol. The van der Waals surface area contributed by atoms with Gasteiger partial charge in [0.1, 0.15) is 0 Å². The second-order valence-corrected chi connectivity index (χ2v) is 7.86. The molecule has 1 N–H and O–H groups in total. The number of fused-ring (bicyclic) bond motifs is 1. The Morgan fingerprint density at radius 1 is 1.23 bits per heavy atom. The summed E-state index contributed by atoms with van der Waals surface area (Å²) >= 11 is 0. The molecule has 1 aliphatic rings. The highest BCUT2D eigenvalue weighted by molar-refractivity contribution is 5.95. The third-order valence-corrected chi connectivity index (χ3v) is 5.35. The fraction of sp³-hybridized carbons (Fsp3) is 0.364. The predicted octanol–water partition coefficient (Wildman–Crippen LogP) is 4.48. The minimum Gasteiger partial charge on any atom is -0.369 e. The van der Waals surface area contributed by atoms with Crippen LogP contribution in [0.4, 0.5) is 5.69 Å². The lowest BCUT2D eigenvalue weighted by atomic mass is 9.80. The Kier molecular flexibility index (Phi) is 4.86. The molecule has 0 radical (unpaired) electrons. The van der Waals surface area contributed by atoms with Gasteiger partial charge in [0.25, 0.3) is 5.91 Å². The highest BCUT2D eigenvalue weighted by atomic mass is 16.2. The van der Waals surface area contributed by atoms with Gasteiger partial charge in [-0.3, -0.25) is 4.79 Å². The second kappa shape index (κ2) is 6.94. The quantitative estimate of drug-likeness (QED) is 0.656. The van der Waals surface area contributed by atoms with Gasteiger partial charge in [-0.1, -0.05) is 30.7 Å². The zero-order valence-electron chi connectivity index (χ0n) is 16.2. The van der Waals surface area contributed by atoms with Gasteiger partial charge >= 0.3 is 0 Å². The van der Waals surface area contributed by atoms with Gasteiger partial charge in [-0.25, -0.2) is 5.43 Å². The fourth-order valence-electron chi connectivity index (χ4n) is 3.61. The molecule has 1 aliphatic heterocycles. The van der Waals surface area contributed by atoms with E-state index in [-0.39, 0.29) is 11.4 Å². The maximum absolute atomic E-state index is 12.1. The number of aryl methyl sites for hydroxylation is 1. The number of carbonyl (C=O) groups is 1. The van der Waals surface area contributed by atoms with Crippen molar-refractivity contribution in [2.24, 2.45) is 5.10 Å². The SMILES string of the molecule is Cc1ccc(C(=O)N/N=C/c2ccc3c(c2)C(C)CC(C)(C)N3C)cc1. The Balaban J connectivity index is 1.73. The van der Waals surface area contributed by atoms with E-state index in [1.54, 1.807) is 18.3 Å². The topological polar surface area (TPSA) is 44.7 Å². The standard InChI is InChI=1S/C22H27N3O/c1-15-6-9-18(10-7-15)21(26)24-23-14-17-8-11-20-19(12-17)16(2)13-22(3,4)25(20)5/h6-12,14,16H,13H2,1-5H3,(H,24,26)/b23-14+. The number of nitrogens with one attached hydrogen (secondary N) is 1. The number of hydrogen-bond acceptors (Lipinski definition) is 3. The Morgan fingerprint density at radius 2 is 1.92 bits per heavy atom. The number of anilines is 1. The molecule has 0 aliphatic carbocycles. The van der Waals surface area contributed by atoms with Crippen LogP contribution in [0, 0.1) is 6.92 Å². The van der Waals surface area contributed by atoms with E-state index >= 15 is 0 Å². The lowest BCUT2D eigenvalue weighted by Crippen LogP contribution is -2.45. The molecule has 1 atom stereocenters. The number of hydrazone groups is 1. The molecule has 2 aromatic rings. The second-order valence-electron chi connectivity index (χ2n) is 7.86. The van der Waals surface area contributed by atoms with Crippen molar-refractivity contribution in [3.63, 3.8) is 0 Å². The van der Waals surface area contributed by atoms with E-state index in [0.717, 1.165) is 17.5 Å². The van der Waals surface area contributed by atoms with Crippen LogP contribution in [0.5, 0.6) is 0 Å². The molecule has 0 spiro atoms. The highest BCUT2D eigenvalue weighted by Crippen LogP contribution is 2.42. The largest absolute Gasteiger partial charge is 0.369 e. The average Bonchev–Trinajstić information content (AvgIpc) is 2.60. The van der Waals surface area contributed by atoms with Crippen LogP contribution in [0.3, 0.4) is 0 Å². The summed E-state index contributed by atoms with van der Waals surface area (Å²) in [5.74, 6) is 0.292. The van der Waals surface area contributed by atoms with Gasteiger partial charge in [-0.05, 0) is 68.5 Å². The van der Waals surface area contributed by atoms with E-state index in [1.165, 1.54) is 11.3 Å². The fourth-order valence-corrected chi connectivity index (χ4v) is 3.61. The van der Waals surface area contributed by atoms with Crippen LogP contribution in [0.1, 0.15) is 60.2 Å². The van der Waals surface area contributed by atoms with Gasteiger partial charge in [-0.2, -0.15) is 5.10 Å². The van der Waals surface area contributed by atoms with E-state index in [1.807, 2.05) is 25.1 Å². The number of carbonyl (C=O) groups excluding carboxylic acids is 1. The van der Waals surface area contributed by atoms with Gasteiger partial charge in [0.2, 0.25) is 0 Å². The van der Waals surface area contributed by atoms with Crippen LogP contribution in [-0.4, -0.2) is 24.7 Å². The molecule has 0 saturated carbocycles. The molecule has 0 aromatic heterocycles. The molecule has 0 fully saturated rings. The van der Waals surface area contributed by atoms with Crippen molar-refractivity contribution in [2.75, 3.05) is 11.9 Å².